The molecule has 6 heteroatoms. The zero-order chi connectivity index (χ0) is 10.8. The van der Waals surface area contributed by atoms with Crippen molar-refractivity contribution in [3.63, 3.8) is 0 Å². The first kappa shape index (κ1) is 9.23. The molecule has 0 saturated heterocycles. The van der Waals surface area contributed by atoms with Crippen LogP contribution in [0.2, 0.25) is 0 Å². The number of amides is 1. The van der Waals surface area contributed by atoms with Gasteiger partial charge >= 0.3 is 0 Å². The number of aromatic amines is 1. The molecule has 0 radical (unpaired) electrons. The third kappa shape index (κ3) is 1.53. The minimum atomic E-state index is -0.686. The number of carbonyl (C=O) groups is 1. The van der Waals surface area contributed by atoms with Crippen molar-refractivity contribution in [3.8, 4) is 0 Å². The van der Waals surface area contributed by atoms with Crippen LogP contribution in [0.3, 0.4) is 0 Å². The molecule has 0 atom stereocenters. The summed E-state index contributed by atoms with van der Waals surface area (Å²) in [6.45, 7) is 0. The number of nitrogens with one attached hydrogen (secondary N) is 1. The fourth-order valence-corrected chi connectivity index (χ4v) is 1.32. The Morgan fingerprint density at radius 1 is 1.53 bits per heavy atom. The highest BCUT2D eigenvalue weighted by atomic mass is 19.1. The molecule has 1 heterocycles. The van der Waals surface area contributed by atoms with Gasteiger partial charge < -0.3 is 4.98 Å². The molecule has 0 bridgehead atoms. The van der Waals surface area contributed by atoms with Crippen LogP contribution in [0.5, 0.6) is 0 Å². The number of halogens is 1. The number of carbonyl (C=O) groups excluding carboxylic acids is 1. The second-order valence-electron chi connectivity index (χ2n) is 2.89. The maximum absolute atomic E-state index is 13.0. The molecule has 0 unspecified atom stereocenters. The predicted molar refractivity (Wildman–Crippen MR) is 51.7 cm³/mol. The van der Waals surface area contributed by atoms with Gasteiger partial charge in [0.05, 0.1) is 0 Å². The number of fused-ring (bicyclic) bond motifs is 1. The molecule has 1 N–H and O–H groups in total. The van der Waals surface area contributed by atoms with Gasteiger partial charge in [0.2, 0.25) is 5.91 Å². The average molecular weight is 204 g/mol. The van der Waals surface area contributed by atoms with Crippen LogP contribution >= 0.6 is 0 Å². The Morgan fingerprint density at radius 2 is 2.33 bits per heavy atom. The summed E-state index contributed by atoms with van der Waals surface area (Å²) in [5, 5.41) is 3.34. The Balaban J connectivity index is 2.56. The summed E-state index contributed by atoms with van der Waals surface area (Å²) in [4.78, 5) is 16.2. The van der Waals surface area contributed by atoms with Crippen molar-refractivity contribution in [2.75, 3.05) is 0 Å². The Kier molecular flexibility index (Phi) is 2.11. The summed E-state index contributed by atoms with van der Waals surface area (Å²) in [6.07, 6.45) is 1.20. The lowest BCUT2D eigenvalue weighted by Gasteiger charge is -1.94. The summed E-state index contributed by atoms with van der Waals surface area (Å²) < 4.78 is 13.0. The van der Waals surface area contributed by atoms with Crippen molar-refractivity contribution in [2.45, 2.75) is 0 Å². The van der Waals surface area contributed by atoms with Crippen LogP contribution in [0.4, 0.5) is 4.39 Å². The first-order chi connectivity index (χ1) is 7.22. The Bertz CT molecular complexity index is 583. The van der Waals surface area contributed by atoms with E-state index in [1.54, 1.807) is 0 Å². The maximum Gasteiger partial charge on any atom is 0.249 e. The van der Waals surface area contributed by atoms with Crippen LogP contribution in [-0.4, -0.2) is 10.9 Å². The summed E-state index contributed by atoms with van der Waals surface area (Å²) in [6, 6.07) is 4.31. The first-order valence-corrected chi connectivity index (χ1v) is 4.08. The molecule has 74 valence electrons. The fourth-order valence-electron chi connectivity index (χ4n) is 1.32. The van der Waals surface area contributed by atoms with Crippen LogP contribution < -0.4 is 0 Å². The number of benzene rings is 1. The third-order valence-electron chi connectivity index (χ3n) is 2.01. The quantitative estimate of drug-likeness (QED) is 0.432. The molecule has 1 aromatic carbocycles. The SMILES string of the molecule is [N-]=[N+]=NC(=O)c1ccc2c(F)c[nH]c2c1. The molecule has 0 aliphatic heterocycles. The molecule has 0 saturated carbocycles. The van der Waals surface area contributed by atoms with Gasteiger partial charge in [-0.3, -0.25) is 4.79 Å². The van der Waals surface area contributed by atoms with Gasteiger partial charge in [-0.15, -0.1) is 0 Å². The van der Waals surface area contributed by atoms with E-state index in [0.717, 1.165) is 0 Å². The second kappa shape index (κ2) is 3.43. The van der Waals surface area contributed by atoms with E-state index in [2.05, 4.69) is 15.0 Å². The molecule has 15 heavy (non-hydrogen) atoms. The Morgan fingerprint density at radius 3 is 3.07 bits per heavy atom. The minimum Gasteiger partial charge on any atom is -0.359 e. The van der Waals surface area contributed by atoms with Crippen molar-refractivity contribution < 1.29 is 9.18 Å². The van der Waals surface area contributed by atoms with E-state index in [-0.39, 0.29) is 11.4 Å². The number of H-pyrrole nitrogens is 1. The number of hydrogen-bond donors (Lipinski definition) is 1. The van der Waals surface area contributed by atoms with E-state index in [1.807, 2.05) is 0 Å². The van der Waals surface area contributed by atoms with E-state index < -0.39 is 5.91 Å². The molecule has 0 fully saturated rings. The van der Waals surface area contributed by atoms with Crippen molar-refractivity contribution >= 4 is 16.8 Å². The highest BCUT2D eigenvalue weighted by molar-refractivity contribution is 5.98. The summed E-state index contributed by atoms with van der Waals surface area (Å²) >= 11 is 0. The monoisotopic (exact) mass is 204 g/mol. The fraction of sp³-hybridized carbons (Fsp3) is 0. The van der Waals surface area contributed by atoms with Crippen LogP contribution in [0.1, 0.15) is 10.4 Å². The molecular formula is C9H5FN4O. The zero-order valence-electron chi connectivity index (χ0n) is 7.44. The van der Waals surface area contributed by atoms with E-state index in [4.69, 9.17) is 5.53 Å². The molecule has 0 aliphatic rings. The summed E-state index contributed by atoms with van der Waals surface area (Å²) in [5.74, 6) is -1.07. The van der Waals surface area contributed by atoms with Gasteiger partial charge in [0.15, 0.2) is 0 Å². The van der Waals surface area contributed by atoms with Crippen molar-refractivity contribution in [1.82, 2.24) is 4.98 Å². The lowest BCUT2D eigenvalue weighted by atomic mass is 10.1. The topological polar surface area (TPSA) is 81.6 Å². The van der Waals surface area contributed by atoms with Crippen molar-refractivity contribution in [2.24, 2.45) is 5.11 Å². The molecule has 5 nitrogen and oxygen atoms in total. The smallest absolute Gasteiger partial charge is 0.249 e. The lowest BCUT2D eigenvalue weighted by molar-refractivity contribution is 0.100. The average Bonchev–Trinajstić information content (AvgIpc) is 2.60. The molecule has 1 amide bonds. The van der Waals surface area contributed by atoms with Gasteiger partial charge in [-0.05, 0) is 22.8 Å². The molecule has 0 spiro atoms. The standard InChI is InChI=1S/C9H5FN4O/c10-7-4-12-8-3-5(1-2-6(7)8)9(15)13-14-11/h1-4,12H. The van der Waals surface area contributed by atoms with E-state index >= 15 is 0 Å². The third-order valence-corrected chi connectivity index (χ3v) is 2.01. The molecule has 1 aromatic heterocycles. The van der Waals surface area contributed by atoms with Gasteiger partial charge in [-0.25, -0.2) is 4.39 Å². The number of azide groups is 1. The number of rotatable bonds is 1. The lowest BCUT2D eigenvalue weighted by Crippen LogP contribution is -1.92. The van der Waals surface area contributed by atoms with Crippen LogP contribution in [0.15, 0.2) is 29.5 Å². The van der Waals surface area contributed by atoms with E-state index in [1.165, 1.54) is 24.4 Å². The zero-order valence-corrected chi connectivity index (χ0v) is 7.44. The molecule has 2 aromatic rings. The second-order valence-corrected chi connectivity index (χ2v) is 2.89. The van der Waals surface area contributed by atoms with E-state index in [0.29, 0.717) is 10.9 Å². The summed E-state index contributed by atoms with van der Waals surface area (Å²) in [5.41, 5.74) is 8.80. The largest absolute Gasteiger partial charge is 0.359 e. The molecule has 2 rings (SSSR count). The van der Waals surface area contributed by atoms with Crippen molar-refractivity contribution in [3.05, 3.63) is 46.2 Å². The first-order valence-electron chi connectivity index (χ1n) is 4.08. The van der Waals surface area contributed by atoms with E-state index in [9.17, 15) is 9.18 Å². The molecule has 0 aliphatic carbocycles. The van der Waals surface area contributed by atoms with Gasteiger partial charge in [0.25, 0.3) is 0 Å². The van der Waals surface area contributed by atoms with Gasteiger partial charge in [0.1, 0.15) is 5.82 Å². The van der Waals surface area contributed by atoms with Gasteiger partial charge in [-0.2, -0.15) is 0 Å². The number of aromatic nitrogens is 1. The Labute approximate surface area is 83.1 Å². The maximum atomic E-state index is 13.0. The number of nitrogens with zero attached hydrogens (tertiary/aromatic N) is 3. The van der Waals surface area contributed by atoms with Crippen molar-refractivity contribution in [1.29, 1.82) is 0 Å². The Hall–Kier alpha value is -2.33. The highest BCUT2D eigenvalue weighted by Crippen LogP contribution is 2.18. The van der Waals surface area contributed by atoms with Gasteiger partial charge in [-0.1, -0.05) is 6.07 Å². The van der Waals surface area contributed by atoms with Crippen LogP contribution in [0.25, 0.3) is 21.3 Å². The van der Waals surface area contributed by atoms with Crippen LogP contribution in [0, 0.1) is 5.82 Å². The predicted octanol–water partition coefficient (Wildman–Crippen LogP) is 2.76. The normalized spacial score (nSPS) is 9.93. The summed E-state index contributed by atoms with van der Waals surface area (Å²) in [7, 11) is 0. The van der Waals surface area contributed by atoms with Gasteiger partial charge in [0, 0.05) is 27.6 Å². The number of hydrogen-bond acceptors (Lipinski definition) is 1. The highest BCUT2D eigenvalue weighted by Gasteiger charge is 2.07. The van der Waals surface area contributed by atoms with Crippen LogP contribution in [-0.2, 0) is 0 Å². The molecular weight excluding hydrogens is 199 g/mol. The minimum absolute atomic E-state index is 0.224.